The van der Waals surface area contributed by atoms with Gasteiger partial charge in [0.15, 0.2) is 0 Å². The van der Waals surface area contributed by atoms with Gasteiger partial charge in [-0.15, -0.1) is 0 Å². The van der Waals surface area contributed by atoms with Crippen LogP contribution >= 0.6 is 0 Å². The average molecular weight is 234 g/mol. The molecule has 2 amide bonds. The molecule has 0 atom stereocenters. The van der Waals surface area contributed by atoms with E-state index in [2.05, 4.69) is 15.5 Å². The van der Waals surface area contributed by atoms with Gasteiger partial charge in [0.25, 0.3) is 0 Å². The molecular formula is C12H18N4O. The number of nitrogens with one attached hydrogen (secondary N) is 2. The van der Waals surface area contributed by atoms with Crippen molar-refractivity contribution in [3.05, 3.63) is 17.0 Å². The maximum Gasteiger partial charge on any atom is 0.317 e. The van der Waals surface area contributed by atoms with Crippen molar-refractivity contribution < 1.29 is 4.79 Å². The van der Waals surface area contributed by atoms with Crippen molar-refractivity contribution in [2.24, 2.45) is 0 Å². The molecule has 0 unspecified atom stereocenters. The first-order valence-corrected chi connectivity index (χ1v) is 6.32. The van der Waals surface area contributed by atoms with Crippen molar-refractivity contribution in [2.45, 2.75) is 38.1 Å². The summed E-state index contributed by atoms with van der Waals surface area (Å²) in [6.45, 7) is 1.48. The molecule has 0 radical (unpaired) electrons. The van der Waals surface area contributed by atoms with Gasteiger partial charge in [-0.05, 0) is 12.8 Å². The normalized spacial score (nSPS) is 19.7. The smallest absolute Gasteiger partial charge is 0.317 e. The summed E-state index contributed by atoms with van der Waals surface area (Å²) in [6, 6.07) is 0.0106. The van der Waals surface area contributed by atoms with E-state index in [4.69, 9.17) is 0 Å². The molecule has 2 heterocycles. The predicted molar refractivity (Wildman–Crippen MR) is 63.7 cm³/mol. The van der Waals surface area contributed by atoms with Crippen molar-refractivity contribution >= 4 is 6.03 Å². The first-order chi connectivity index (χ1) is 8.29. The summed E-state index contributed by atoms with van der Waals surface area (Å²) < 4.78 is 0. The molecule has 1 aromatic rings. The lowest BCUT2D eigenvalue weighted by molar-refractivity contribution is 0.194. The third-order valence-corrected chi connectivity index (χ3v) is 3.96. The van der Waals surface area contributed by atoms with Crippen LogP contribution < -0.4 is 5.32 Å². The highest BCUT2D eigenvalue weighted by Gasteiger charge is 2.30. The van der Waals surface area contributed by atoms with E-state index >= 15 is 0 Å². The van der Waals surface area contributed by atoms with E-state index in [-0.39, 0.29) is 6.03 Å². The third kappa shape index (κ3) is 1.69. The molecule has 17 heavy (non-hydrogen) atoms. The molecule has 2 N–H and O–H groups in total. The summed E-state index contributed by atoms with van der Waals surface area (Å²) in [5.74, 6) is 0.625. The standard InChI is InChI=1S/C12H18N4O/c1-13-12(17)16-6-5-10-9(7-16)11(15-14-10)8-3-2-4-8/h8H,2-7H2,1H3,(H,13,17)(H,14,15). The summed E-state index contributed by atoms with van der Waals surface area (Å²) in [7, 11) is 1.68. The molecule has 92 valence electrons. The van der Waals surface area contributed by atoms with Crippen molar-refractivity contribution in [3.8, 4) is 0 Å². The third-order valence-electron chi connectivity index (χ3n) is 3.96. The molecule has 0 saturated heterocycles. The number of nitrogens with zero attached hydrogens (tertiary/aromatic N) is 2. The Morgan fingerprint density at radius 1 is 1.53 bits per heavy atom. The Bertz CT molecular complexity index is 436. The van der Waals surface area contributed by atoms with E-state index in [1.54, 1.807) is 7.05 Å². The lowest BCUT2D eigenvalue weighted by Crippen LogP contribution is -2.41. The minimum absolute atomic E-state index is 0.0106. The van der Waals surface area contributed by atoms with E-state index in [0.717, 1.165) is 13.0 Å². The van der Waals surface area contributed by atoms with Gasteiger partial charge in [-0.2, -0.15) is 5.10 Å². The molecule has 0 bridgehead atoms. The zero-order valence-corrected chi connectivity index (χ0v) is 10.1. The quantitative estimate of drug-likeness (QED) is 0.771. The zero-order valence-electron chi connectivity index (χ0n) is 10.1. The van der Waals surface area contributed by atoms with Crippen LogP contribution in [0.25, 0.3) is 0 Å². The Morgan fingerprint density at radius 3 is 3.00 bits per heavy atom. The summed E-state index contributed by atoms with van der Waals surface area (Å²) in [5, 5.41) is 10.3. The highest BCUT2D eigenvalue weighted by molar-refractivity contribution is 5.74. The van der Waals surface area contributed by atoms with Crippen LogP contribution in [0, 0.1) is 0 Å². The van der Waals surface area contributed by atoms with Crippen molar-refractivity contribution in [1.82, 2.24) is 20.4 Å². The fraction of sp³-hybridized carbons (Fsp3) is 0.667. The van der Waals surface area contributed by atoms with Crippen LogP contribution in [0.15, 0.2) is 0 Å². The molecule has 1 aliphatic heterocycles. The monoisotopic (exact) mass is 234 g/mol. The Hall–Kier alpha value is -1.52. The number of rotatable bonds is 1. The molecule has 2 aliphatic rings. The minimum atomic E-state index is 0.0106. The van der Waals surface area contributed by atoms with Crippen LogP contribution in [-0.2, 0) is 13.0 Å². The first kappa shape index (κ1) is 10.6. The molecule has 1 aromatic heterocycles. The SMILES string of the molecule is CNC(=O)N1CCc2[nH]nc(C3CCC3)c2C1. The molecule has 5 nitrogen and oxygen atoms in total. The van der Waals surface area contributed by atoms with Crippen LogP contribution in [0.2, 0.25) is 0 Å². The molecule has 1 fully saturated rings. The van der Waals surface area contributed by atoms with Crippen LogP contribution in [-0.4, -0.2) is 34.7 Å². The zero-order chi connectivity index (χ0) is 11.8. The van der Waals surface area contributed by atoms with E-state index < -0.39 is 0 Å². The van der Waals surface area contributed by atoms with Gasteiger partial charge in [0.1, 0.15) is 0 Å². The number of H-pyrrole nitrogens is 1. The van der Waals surface area contributed by atoms with Gasteiger partial charge >= 0.3 is 6.03 Å². The first-order valence-electron chi connectivity index (χ1n) is 6.32. The summed E-state index contributed by atoms with van der Waals surface area (Å²) in [4.78, 5) is 13.5. The number of hydrogen-bond acceptors (Lipinski definition) is 2. The number of urea groups is 1. The molecule has 3 rings (SSSR count). The summed E-state index contributed by atoms with van der Waals surface area (Å²) in [6.07, 6.45) is 4.70. The van der Waals surface area contributed by atoms with Crippen LogP contribution in [0.1, 0.15) is 42.1 Å². The fourth-order valence-corrected chi connectivity index (χ4v) is 2.67. The van der Waals surface area contributed by atoms with E-state index in [1.165, 1.54) is 36.2 Å². The van der Waals surface area contributed by atoms with Crippen molar-refractivity contribution in [1.29, 1.82) is 0 Å². The van der Waals surface area contributed by atoms with E-state index in [9.17, 15) is 4.79 Å². The highest BCUT2D eigenvalue weighted by atomic mass is 16.2. The molecule has 1 aliphatic carbocycles. The number of aromatic amines is 1. The van der Waals surface area contributed by atoms with Gasteiger partial charge in [-0.25, -0.2) is 4.79 Å². The second kappa shape index (κ2) is 4.05. The highest BCUT2D eigenvalue weighted by Crippen LogP contribution is 2.38. The number of carbonyl (C=O) groups is 1. The van der Waals surface area contributed by atoms with E-state index in [0.29, 0.717) is 12.5 Å². The largest absolute Gasteiger partial charge is 0.341 e. The van der Waals surface area contributed by atoms with Gasteiger partial charge in [-0.1, -0.05) is 6.42 Å². The lowest BCUT2D eigenvalue weighted by atomic mass is 9.81. The van der Waals surface area contributed by atoms with Crippen LogP contribution in [0.5, 0.6) is 0 Å². The van der Waals surface area contributed by atoms with Gasteiger partial charge < -0.3 is 10.2 Å². The minimum Gasteiger partial charge on any atom is -0.341 e. The lowest BCUT2D eigenvalue weighted by Gasteiger charge is -2.29. The number of aromatic nitrogens is 2. The maximum absolute atomic E-state index is 11.6. The number of hydrogen-bond donors (Lipinski definition) is 2. The van der Waals surface area contributed by atoms with Crippen LogP contribution in [0.4, 0.5) is 4.79 Å². The number of amides is 2. The van der Waals surface area contributed by atoms with Gasteiger partial charge in [0, 0.05) is 37.2 Å². The summed E-state index contributed by atoms with van der Waals surface area (Å²) in [5.41, 5.74) is 3.71. The number of fused-ring (bicyclic) bond motifs is 1. The Balaban J connectivity index is 1.83. The molecule has 1 saturated carbocycles. The van der Waals surface area contributed by atoms with E-state index in [1.807, 2.05) is 4.90 Å². The Morgan fingerprint density at radius 2 is 2.35 bits per heavy atom. The fourth-order valence-electron chi connectivity index (χ4n) is 2.67. The van der Waals surface area contributed by atoms with Crippen molar-refractivity contribution in [3.63, 3.8) is 0 Å². The van der Waals surface area contributed by atoms with Gasteiger partial charge in [0.05, 0.1) is 12.2 Å². The second-order valence-electron chi connectivity index (χ2n) is 4.92. The molecular weight excluding hydrogens is 216 g/mol. The maximum atomic E-state index is 11.6. The molecule has 0 spiro atoms. The second-order valence-corrected chi connectivity index (χ2v) is 4.92. The Labute approximate surface area is 101 Å². The molecule has 5 heteroatoms. The summed E-state index contributed by atoms with van der Waals surface area (Å²) >= 11 is 0. The molecule has 0 aromatic carbocycles. The van der Waals surface area contributed by atoms with Crippen LogP contribution in [0.3, 0.4) is 0 Å². The average Bonchev–Trinajstić information content (AvgIpc) is 2.69. The van der Waals surface area contributed by atoms with Gasteiger partial charge in [0.2, 0.25) is 0 Å². The number of carbonyl (C=O) groups excluding carboxylic acids is 1. The predicted octanol–water partition coefficient (Wildman–Crippen LogP) is 1.37. The topological polar surface area (TPSA) is 61.0 Å². The Kier molecular flexibility index (Phi) is 2.53. The van der Waals surface area contributed by atoms with Gasteiger partial charge in [-0.3, -0.25) is 5.10 Å². The van der Waals surface area contributed by atoms with Crippen molar-refractivity contribution in [2.75, 3.05) is 13.6 Å².